The smallest absolute Gasteiger partial charge is 0.225 e. The molecule has 2 rings (SSSR count). The summed E-state index contributed by atoms with van der Waals surface area (Å²) in [6.45, 7) is 3.98. The number of nitrogens with two attached hydrogens (primary N) is 1. The summed E-state index contributed by atoms with van der Waals surface area (Å²) in [6.07, 6.45) is 0.377. The van der Waals surface area contributed by atoms with E-state index in [1.54, 1.807) is 13.2 Å². The molecule has 5 heteroatoms. The largest absolute Gasteiger partial charge is 0.481 e. The second-order valence-corrected chi connectivity index (χ2v) is 4.81. The van der Waals surface area contributed by atoms with E-state index >= 15 is 0 Å². The maximum absolute atomic E-state index is 12.0. The number of ether oxygens (including phenoxy) is 1. The van der Waals surface area contributed by atoms with Crippen molar-refractivity contribution in [2.45, 2.75) is 38.4 Å². The van der Waals surface area contributed by atoms with Gasteiger partial charge in [-0.25, -0.2) is 4.98 Å². The SMILES string of the molecule is COc1cccc(C2C(N)CC(=O)N2C(C)C)n1. The minimum absolute atomic E-state index is 0.0899. The second-order valence-electron chi connectivity index (χ2n) is 4.81. The molecule has 1 aromatic heterocycles. The summed E-state index contributed by atoms with van der Waals surface area (Å²) in [6, 6.07) is 5.29. The van der Waals surface area contributed by atoms with Crippen molar-refractivity contribution in [2.75, 3.05) is 7.11 Å². The molecule has 2 heterocycles. The number of likely N-dealkylation sites (tertiary alicyclic amines) is 1. The Hall–Kier alpha value is -1.62. The predicted octanol–water partition coefficient (Wildman–Crippen LogP) is 1.10. The number of hydrogen-bond donors (Lipinski definition) is 1. The molecule has 2 atom stereocenters. The first-order valence-corrected chi connectivity index (χ1v) is 6.12. The molecule has 0 radical (unpaired) electrons. The Balaban J connectivity index is 2.37. The van der Waals surface area contributed by atoms with Gasteiger partial charge in [-0.3, -0.25) is 4.79 Å². The van der Waals surface area contributed by atoms with Gasteiger partial charge >= 0.3 is 0 Å². The minimum Gasteiger partial charge on any atom is -0.481 e. The minimum atomic E-state index is -0.209. The number of aromatic nitrogens is 1. The molecule has 1 saturated heterocycles. The number of carbonyl (C=O) groups is 1. The number of carbonyl (C=O) groups excluding carboxylic acids is 1. The quantitative estimate of drug-likeness (QED) is 0.871. The zero-order chi connectivity index (χ0) is 13.3. The van der Waals surface area contributed by atoms with E-state index in [0.29, 0.717) is 12.3 Å². The third-order valence-electron chi connectivity index (χ3n) is 3.22. The fraction of sp³-hybridized carbons (Fsp3) is 0.538. The first-order chi connectivity index (χ1) is 8.54. The van der Waals surface area contributed by atoms with Crippen LogP contribution in [0.5, 0.6) is 5.88 Å². The van der Waals surface area contributed by atoms with Crippen LogP contribution in [-0.4, -0.2) is 35.0 Å². The molecule has 98 valence electrons. The van der Waals surface area contributed by atoms with Crippen LogP contribution in [0.1, 0.15) is 32.0 Å². The first-order valence-electron chi connectivity index (χ1n) is 6.12. The van der Waals surface area contributed by atoms with Gasteiger partial charge in [-0.2, -0.15) is 0 Å². The van der Waals surface area contributed by atoms with E-state index in [9.17, 15) is 4.79 Å². The zero-order valence-electron chi connectivity index (χ0n) is 11.0. The molecule has 2 unspecified atom stereocenters. The summed E-state index contributed by atoms with van der Waals surface area (Å²) < 4.78 is 5.12. The third kappa shape index (κ3) is 2.18. The molecule has 5 nitrogen and oxygen atoms in total. The molecule has 0 bridgehead atoms. The van der Waals surface area contributed by atoms with Gasteiger partial charge in [-0.1, -0.05) is 6.07 Å². The fourth-order valence-corrected chi connectivity index (χ4v) is 2.46. The highest BCUT2D eigenvalue weighted by Gasteiger charge is 2.40. The molecular weight excluding hydrogens is 230 g/mol. The summed E-state index contributed by atoms with van der Waals surface area (Å²) in [5, 5.41) is 0. The van der Waals surface area contributed by atoms with E-state index in [0.717, 1.165) is 5.69 Å². The van der Waals surface area contributed by atoms with Crippen LogP contribution in [0.15, 0.2) is 18.2 Å². The van der Waals surface area contributed by atoms with Crippen LogP contribution in [0.4, 0.5) is 0 Å². The normalized spacial score (nSPS) is 23.8. The van der Waals surface area contributed by atoms with Crippen molar-refractivity contribution < 1.29 is 9.53 Å². The van der Waals surface area contributed by atoms with Crippen LogP contribution >= 0.6 is 0 Å². The molecule has 1 fully saturated rings. The average molecular weight is 249 g/mol. The van der Waals surface area contributed by atoms with Crippen molar-refractivity contribution in [3.63, 3.8) is 0 Å². The topological polar surface area (TPSA) is 68.5 Å². The summed E-state index contributed by atoms with van der Waals surface area (Å²) in [5.74, 6) is 0.634. The fourth-order valence-electron chi connectivity index (χ4n) is 2.46. The lowest BCUT2D eigenvalue weighted by Gasteiger charge is -2.30. The van der Waals surface area contributed by atoms with Crippen LogP contribution < -0.4 is 10.5 Å². The Morgan fingerprint density at radius 2 is 2.22 bits per heavy atom. The summed E-state index contributed by atoms with van der Waals surface area (Å²) in [7, 11) is 1.58. The molecular formula is C13H19N3O2. The molecule has 0 spiro atoms. The highest BCUT2D eigenvalue weighted by Crippen LogP contribution is 2.33. The van der Waals surface area contributed by atoms with Gasteiger partial charge < -0.3 is 15.4 Å². The van der Waals surface area contributed by atoms with Crippen LogP contribution in [0.2, 0.25) is 0 Å². The highest BCUT2D eigenvalue weighted by molar-refractivity contribution is 5.80. The molecule has 0 aliphatic carbocycles. The third-order valence-corrected chi connectivity index (χ3v) is 3.22. The van der Waals surface area contributed by atoms with Crippen molar-refractivity contribution in [1.29, 1.82) is 0 Å². The Kier molecular flexibility index (Phi) is 3.52. The Morgan fingerprint density at radius 1 is 1.50 bits per heavy atom. The number of methoxy groups -OCH3 is 1. The van der Waals surface area contributed by atoms with Gasteiger partial charge in [-0.05, 0) is 19.9 Å². The van der Waals surface area contributed by atoms with Crippen LogP contribution in [-0.2, 0) is 4.79 Å². The van der Waals surface area contributed by atoms with E-state index in [2.05, 4.69) is 4.98 Å². The monoisotopic (exact) mass is 249 g/mol. The van der Waals surface area contributed by atoms with E-state index in [1.807, 2.05) is 30.9 Å². The summed E-state index contributed by atoms with van der Waals surface area (Å²) in [5.41, 5.74) is 6.87. The van der Waals surface area contributed by atoms with Crippen LogP contribution in [0.3, 0.4) is 0 Å². The molecule has 18 heavy (non-hydrogen) atoms. The molecule has 0 saturated carbocycles. The second kappa shape index (κ2) is 4.94. The number of amides is 1. The predicted molar refractivity (Wildman–Crippen MR) is 68.1 cm³/mol. The maximum atomic E-state index is 12.0. The number of nitrogens with zero attached hydrogens (tertiary/aromatic N) is 2. The van der Waals surface area contributed by atoms with Gasteiger partial charge in [0.05, 0.1) is 18.8 Å². The Labute approximate surface area is 107 Å². The van der Waals surface area contributed by atoms with Crippen molar-refractivity contribution in [3.05, 3.63) is 23.9 Å². The molecule has 1 aromatic rings. The van der Waals surface area contributed by atoms with Crippen molar-refractivity contribution in [1.82, 2.24) is 9.88 Å². The lowest BCUT2D eigenvalue weighted by Crippen LogP contribution is -2.38. The van der Waals surface area contributed by atoms with E-state index < -0.39 is 0 Å². The number of hydrogen-bond acceptors (Lipinski definition) is 4. The van der Waals surface area contributed by atoms with Crippen LogP contribution in [0.25, 0.3) is 0 Å². The van der Waals surface area contributed by atoms with Gasteiger partial charge in [0.25, 0.3) is 0 Å². The first kappa shape index (κ1) is 12.8. The molecule has 1 aliphatic rings. The lowest BCUT2D eigenvalue weighted by atomic mass is 10.1. The van der Waals surface area contributed by atoms with Gasteiger partial charge in [0, 0.05) is 24.6 Å². The Bertz CT molecular complexity index is 448. The Morgan fingerprint density at radius 3 is 2.83 bits per heavy atom. The van der Waals surface area contributed by atoms with Crippen LogP contribution in [0, 0.1) is 0 Å². The average Bonchev–Trinajstić information content (AvgIpc) is 2.64. The standard InChI is InChI=1S/C13H19N3O2/c1-8(2)16-12(17)7-9(14)13(16)10-5-4-6-11(15-10)18-3/h4-6,8-9,13H,7,14H2,1-3H3. The van der Waals surface area contributed by atoms with Crippen molar-refractivity contribution >= 4 is 5.91 Å². The molecule has 0 aromatic carbocycles. The number of rotatable bonds is 3. The van der Waals surface area contributed by atoms with Crippen molar-refractivity contribution in [3.8, 4) is 5.88 Å². The molecule has 1 amide bonds. The zero-order valence-corrected chi connectivity index (χ0v) is 11.0. The van der Waals surface area contributed by atoms with Gasteiger partial charge in [0.15, 0.2) is 0 Å². The molecule has 1 aliphatic heterocycles. The number of pyridine rings is 1. The van der Waals surface area contributed by atoms with E-state index in [1.165, 1.54) is 0 Å². The van der Waals surface area contributed by atoms with Gasteiger partial charge in [0.2, 0.25) is 11.8 Å². The summed E-state index contributed by atoms with van der Waals surface area (Å²) >= 11 is 0. The van der Waals surface area contributed by atoms with E-state index in [-0.39, 0.29) is 24.0 Å². The summed E-state index contributed by atoms with van der Waals surface area (Å²) in [4.78, 5) is 18.2. The van der Waals surface area contributed by atoms with Gasteiger partial charge in [-0.15, -0.1) is 0 Å². The lowest BCUT2D eigenvalue weighted by molar-refractivity contribution is -0.130. The van der Waals surface area contributed by atoms with Crippen molar-refractivity contribution in [2.24, 2.45) is 5.73 Å². The van der Waals surface area contributed by atoms with E-state index in [4.69, 9.17) is 10.5 Å². The molecule has 2 N–H and O–H groups in total. The van der Waals surface area contributed by atoms with Gasteiger partial charge in [0.1, 0.15) is 0 Å². The maximum Gasteiger partial charge on any atom is 0.225 e. The highest BCUT2D eigenvalue weighted by atomic mass is 16.5.